The molecule has 0 bridgehead atoms. The van der Waals surface area contributed by atoms with Gasteiger partial charge in [0.05, 0.1) is 11.9 Å². The summed E-state index contributed by atoms with van der Waals surface area (Å²) in [5.41, 5.74) is 0.973. The number of thiophene rings is 1. The average molecular weight is 436 g/mol. The largest absolute Gasteiger partial charge is 0.338 e. The van der Waals surface area contributed by atoms with E-state index in [0.717, 1.165) is 34.2 Å². The number of nitrogens with zero attached hydrogens (tertiary/aromatic N) is 4. The summed E-state index contributed by atoms with van der Waals surface area (Å²) in [5.74, 6) is 0.959. The smallest absolute Gasteiger partial charge is 0.319 e. The van der Waals surface area contributed by atoms with Crippen LogP contribution in [0.25, 0.3) is 10.2 Å². The molecule has 0 aliphatic heterocycles. The van der Waals surface area contributed by atoms with E-state index < -0.39 is 6.55 Å². The first kappa shape index (κ1) is 20.6. The fourth-order valence-corrected chi connectivity index (χ4v) is 5.27. The van der Waals surface area contributed by atoms with Crippen LogP contribution in [0.15, 0.2) is 17.2 Å². The molecule has 0 spiro atoms. The van der Waals surface area contributed by atoms with Gasteiger partial charge in [-0.05, 0) is 30.7 Å². The van der Waals surface area contributed by atoms with Crippen LogP contribution < -0.4 is 5.56 Å². The van der Waals surface area contributed by atoms with Crippen LogP contribution in [-0.2, 0) is 30.6 Å². The van der Waals surface area contributed by atoms with Gasteiger partial charge in [-0.1, -0.05) is 6.92 Å². The van der Waals surface area contributed by atoms with Crippen LogP contribution in [0.1, 0.15) is 48.4 Å². The number of alkyl halides is 2. The van der Waals surface area contributed by atoms with E-state index in [1.165, 1.54) is 22.2 Å². The number of amides is 1. The summed E-state index contributed by atoms with van der Waals surface area (Å²) in [6.07, 6.45) is 5.80. The summed E-state index contributed by atoms with van der Waals surface area (Å²) in [6, 6.07) is 0. The fourth-order valence-electron chi connectivity index (χ4n) is 3.87. The lowest BCUT2D eigenvalue weighted by Gasteiger charge is -2.17. The van der Waals surface area contributed by atoms with Gasteiger partial charge in [-0.25, -0.2) is 9.97 Å². The second kappa shape index (κ2) is 8.25. The number of hydrogen-bond donors (Lipinski definition) is 1. The lowest BCUT2D eigenvalue weighted by molar-refractivity contribution is -0.130. The lowest BCUT2D eigenvalue weighted by Crippen LogP contribution is -2.28. The third-order valence-corrected chi connectivity index (χ3v) is 6.70. The normalized spacial score (nSPS) is 16.2. The Kier molecular flexibility index (Phi) is 5.68. The molecule has 0 aromatic carbocycles. The standard InChI is InChI=1S/C20H23F2N5O2S/c1-11-3-4-12-13(9-11)30-19-17(12)18(29)24-14(25-19)5-6-16(28)26(2)10-15-23-7-8-27(15)20(21)22/h7-8,11,20H,3-6,9-10H2,1-2H3,(H,24,25,29). The molecule has 10 heteroatoms. The number of aromatic amines is 1. The molecule has 1 amide bonds. The summed E-state index contributed by atoms with van der Waals surface area (Å²) in [6.45, 7) is -0.507. The number of H-pyrrole nitrogens is 1. The molecule has 3 aromatic heterocycles. The average Bonchev–Trinajstić information content (AvgIpc) is 3.29. The number of hydrogen-bond acceptors (Lipinski definition) is 5. The van der Waals surface area contributed by atoms with E-state index in [0.29, 0.717) is 17.1 Å². The van der Waals surface area contributed by atoms with Crippen LogP contribution in [0.3, 0.4) is 0 Å². The number of carbonyl (C=O) groups is 1. The maximum atomic E-state index is 12.9. The predicted molar refractivity (Wildman–Crippen MR) is 110 cm³/mol. The van der Waals surface area contributed by atoms with Crippen LogP contribution in [0.2, 0.25) is 0 Å². The van der Waals surface area contributed by atoms with Crippen molar-refractivity contribution in [3.63, 3.8) is 0 Å². The van der Waals surface area contributed by atoms with Gasteiger partial charge in [0, 0.05) is 37.2 Å². The van der Waals surface area contributed by atoms with E-state index in [2.05, 4.69) is 21.9 Å². The van der Waals surface area contributed by atoms with Gasteiger partial charge in [0.2, 0.25) is 5.91 Å². The van der Waals surface area contributed by atoms with Crippen molar-refractivity contribution < 1.29 is 13.6 Å². The van der Waals surface area contributed by atoms with E-state index in [9.17, 15) is 18.4 Å². The summed E-state index contributed by atoms with van der Waals surface area (Å²) < 4.78 is 26.6. The Hall–Kier alpha value is -2.62. The quantitative estimate of drug-likeness (QED) is 0.644. The first-order chi connectivity index (χ1) is 14.3. The Morgan fingerprint density at radius 2 is 2.27 bits per heavy atom. The molecule has 1 atom stereocenters. The Balaban J connectivity index is 1.45. The highest BCUT2D eigenvalue weighted by Crippen LogP contribution is 2.35. The zero-order valence-corrected chi connectivity index (χ0v) is 17.6. The summed E-state index contributed by atoms with van der Waals surface area (Å²) in [5, 5.41) is 0.688. The minimum Gasteiger partial charge on any atom is -0.338 e. The lowest BCUT2D eigenvalue weighted by atomic mass is 9.89. The number of halogens is 2. The number of nitrogens with one attached hydrogen (secondary N) is 1. The van der Waals surface area contributed by atoms with Crippen molar-refractivity contribution in [3.8, 4) is 0 Å². The topological polar surface area (TPSA) is 83.9 Å². The third kappa shape index (κ3) is 4.00. The van der Waals surface area contributed by atoms with E-state index in [1.807, 2.05) is 0 Å². The molecule has 0 saturated carbocycles. The summed E-state index contributed by atoms with van der Waals surface area (Å²) in [4.78, 5) is 39.7. The highest BCUT2D eigenvalue weighted by Gasteiger charge is 2.23. The maximum Gasteiger partial charge on any atom is 0.319 e. The Morgan fingerprint density at radius 1 is 1.47 bits per heavy atom. The van der Waals surface area contributed by atoms with Crippen molar-refractivity contribution in [1.29, 1.82) is 0 Å². The number of imidazole rings is 1. The van der Waals surface area contributed by atoms with Gasteiger partial charge in [-0.15, -0.1) is 11.3 Å². The van der Waals surface area contributed by atoms with Gasteiger partial charge in [-0.2, -0.15) is 8.78 Å². The second-order valence-corrected chi connectivity index (χ2v) is 8.91. The highest BCUT2D eigenvalue weighted by atomic mass is 32.1. The van der Waals surface area contributed by atoms with Crippen LogP contribution in [-0.4, -0.2) is 37.4 Å². The number of aromatic nitrogens is 4. The van der Waals surface area contributed by atoms with Gasteiger partial charge < -0.3 is 9.88 Å². The van der Waals surface area contributed by atoms with Gasteiger partial charge in [-0.3, -0.25) is 14.2 Å². The van der Waals surface area contributed by atoms with Gasteiger partial charge in [0.15, 0.2) is 0 Å². The molecule has 1 unspecified atom stereocenters. The van der Waals surface area contributed by atoms with Crippen LogP contribution in [0.4, 0.5) is 8.78 Å². The van der Waals surface area contributed by atoms with Gasteiger partial charge in [0.25, 0.3) is 5.56 Å². The number of aryl methyl sites for hydroxylation is 2. The van der Waals surface area contributed by atoms with Gasteiger partial charge >= 0.3 is 6.55 Å². The molecule has 7 nitrogen and oxygen atoms in total. The Morgan fingerprint density at radius 3 is 3.03 bits per heavy atom. The van der Waals surface area contributed by atoms with E-state index in [-0.39, 0.29) is 36.7 Å². The highest BCUT2D eigenvalue weighted by molar-refractivity contribution is 7.18. The Labute approximate surface area is 175 Å². The molecule has 0 radical (unpaired) electrons. The predicted octanol–water partition coefficient (Wildman–Crippen LogP) is 3.29. The molecule has 4 rings (SSSR count). The van der Waals surface area contributed by atoms with E-state index in [4.69, 9.17) is 0 Å². The molecule has 3 aromatic rings. The maximum absolute atomic E-state index is 12.9. The molecule has 160 valence electrons. The molecular weight excluding hydrogens is 412 g/mol. The monoisotopic (exact) mass is 435 g/mol. The molecule has 3 heterocycles. The van der Waals surface area contributed by atoms with Crippen molar-refractivity contribution in [2.24, 2.45) is 5.92 Å². The SMILES string of the molecule is CC1CCc2c(sc3nc(CCC(=O)N(C)Cc4nccn4C(F)F)[nH]c(=O)c23)C1. The van der Waals surface area contributed by atoms with E-state index >= 15 is 0 Å². The Bertz CT molecular complexity index is 1140. The number of carbonyl (C=O) groups excluding carboxylic acids is 1. The number of rotatable bonds is 6. The van der Waals surface area contributed by atoms with Crippen molar-refractivity contribution in [3.05, 3.63) is 44.8 Å². The van der Waals surface area contributed by atoms with Crippen LogP contribution >= 0.6 is 11.3 Å². The summed E-state index contributed by atoms with van der Waals surface area (Å²) >= 11 is 1.57. The first-order valence-electron chi connectivity index (χ1n) is 9.90. The minimum absolute atomic E-state index is 0.0189. The second-order valence-electron chi connectivity index (χ2n) is 7.82. The van der Waals surface area contributed by atoms with E-state index in [1.54, 1.807) is 18.4 Å². The zero-order valence-electron chi connectivity index (χ0n) is 16.8. The molecular formula is C20H23F2N5O2S. The number of fused-ring (bicyclic) bond motifs is 3. The zero-order chi connectivity index (χ0) is 21.4. The van der Waals surface area contributed by atoms with Gasteiger partial charge in [0.1, 0.15) is 16.5 Å². The fraction of sp³-hybridized carbons (Fsp3) is 0.500. The molecule has 30 heavy (non-hydrogen) atoms. The van der Waals surface area contributed by atoms with Crippen LogP contribution in [0.5, 0.6) is 0 Å². The van der Waals surface area contributed by atoms with Crippen LogP contribution in [0, 0.1) is 5.92 Å². The molecule has 0 fully saturated rings. The summed E-state index contributed by atoms with van der Waals surface area (Å²) in [7, 11) is 1.54. The third-order valence-electron chi connectivity index (χ3n) is 5.55. The molecule has 1 aliphatic rings. The molecule has 0 saturated heterocycles. The molecule has 1 N–H and O–H groups in total. The minimum atomic E-state index is -2.70. The van der Waals surface area contributed by atoms with Crippen molar-refractivity contribution in [1.82, 2.24) is 24.4 Å². The van der Waals surface area contributed by atoms with Crippen molar-refractivity contribution in [2.45, 2.75) is 52.1 Å². The van der Waals surface area contributed by atoms with Crippen molar-refractivity contribution >= 4 is 27.5 Å². The first-order valence-corrected chi connectivity index (χ1v) is 10.7. The molecule has 1 aliphatic carbocycles. The van der Waals surface area contributed by atoms with Crippen molar-refractivity contribution in [2.75, 3.05) is 7.05 Å².